The molecule has 0 unspecified atom stereocenters. The highest BCUT2D eigenvalue weighted by atomic mass is 16.2. The van der Waals surface area contributed by atoms with Crippen molar-refractivity contribution in [2.24, 2.45) is 0 Å². The summed E-state index contributed by atoms with van der Waals surface area (Å²) in [5.74, 6) is -0.380. The number of hydrogen-bond donors (Lipinski definition) is 2. The third-order valence-electron chi connectivity index (χ3n) is 4.95. The van der Waals surface area contributed by atoms with Crippen LogP contribution in [-0.2, 0) is 16.0 Å². The molecule has 1 saturated heterocycles. The molecule has 0 saturated carbocycles. The second-order valence-electron chi connectivity index (χ2n) is 6.69. The average Bonchev–Trinajstić information content (AvgIpc) is 3.17. The number of rotatable bonds is 4. The minimum atomic E-state index is -0.552. The molecule has 4 rings (SSSR count). The highest BCUT2D eigenvalue weighted by Gasteiger charge is 2.26. The molecule has 0 radical (unpaired) electrons. The third kappa shape index (κ3) is 3.80. The highest BCUT2D eigenvalue weighted by molar-refractivity contribution is 6.35. The first-order valence-electron chi connectivity index (χ1n) is 9.36. The van der Waals surface area contributed by atoms with Gasteiger partial charge in [0.2, 0.25) is 5.95 Å². The molecule has 1 aliphatic heterocycles. The van der Waals surface area contributed by atoms with Crippen molar-refractivity contribution in [3.05, 3.63) is 54.5 Å². The number of piperazine rings is 1. The molecular formula is C20H22N6O2. The summed E-state index contributed by atoms with van der Waals surface area (Å²) in [7, 11) is 0. The molecule has 1 fully saturated rings. The van der Waals surface area contributed by atoms with E-state index < -0.39 is 11.8 Å². The largest absolute Gasteiger partial charge is 0.361 e. The highest BCUT2D eigenvalue weighted by Crippen LogP contribution is 2.17. The number of H-pyrrole nitrogens is 1. The van der Waals surface area contributed by atoms with Crippen LogP contribution < -0.4 is 10.2 Å². The van der Waals surface area contributed by atoms with Crippen LogP contribution in [0, 0.1) is 0 Å². The minimum Gasteiger partial charge on any atom is -0.361 e. The van der Waals surface area contributed by atoms with E-state index in [0.29, 0.717) is 45.1 Å². The van der Waals surface area contributed by atoms with Crippen molar-refractivity contribution in [2.45, 2.75) is 6.42 Å². The number of para-hydroxylation sites is 1. The molecule has 3 heterocycles. The lowest BCUT2D eigenvalue weighted by Gasteiger charge is -2.34. The van der Waals surface area contributed by atoms with E-state index in [9.17, 15) is 9.59 Å². The molecule has 8 nitrogen and oxygen atoms in total. The fourth-order valence-electron chi connectivity index (χ4n) is 3.43. The fraction of sp³-hybridized carbons (Fsp3) is 0.300. The topological polar surface area (TPSA) is 94.2 Å². The van der Waals surface area contributed by atoms with Gasteiger partial charge in [0.25, 0.3) is 0 Å². The Hall–Kier alpha value is -3.42. The first kappa shape index (κ1) is 18.0. The van der Waals surface area contributed by atoms with Gasteiger partial charge in [-0.1, -0.05) is 18.2 Å². The molecule has 3 aromatic rings. The zero-order valence-corrected chi connectivity index (χ0v) is 15.5. The van der Waals surface area contributed by atoms with Crippen LogP contribution in [0.1, 0.15) is 5.56 Å². The quantitative estimate of drug-likeness (QED) is 0.660. The summed E-state index contributed by atoms with van der Waals surface area (Å²) in [5, 5.41) is 3.88. The van der Waals surface area contributed by atoms with E-state index in [1.54, 1.807) is 23.4 Å². The lowest BCUT2D eigenvalue weighted by molar-refractivity contribution is -0.146. The minimum absolute atomic E-state index is 0.421. The smallest absolute Gasteiger partial charge is 0.312 e. The zero-order valence-electron chi connectivity index (χ0n) is 15.5. The molecule has 0 spiro atoms. The van der Waals surface area contributed by atoms with Crippen LogP contribution in [-0.4, -0.2) is 64.4 Å². The Bertz CT molecular complexity index is 963. The second-order valence-corrected chi connectivity index (χ2v) is 6.69. The normalized spacial score (nSPS) is 14.3. The van der Waals surface area contributed by atoms with E-state index in [0.717, 1.165) is 16.5 Å². The monoisotopic (exact) mass is 378 g/mol. The van der Waals surface area contributed by atoms with Crippen LogP contribution in [0.5, 0.6) is 0 Å². The van der Waals surface area contributed by atoms with Gasteiger partial charge in [0.1, 0.15) is 0 Å². The lowest BCUT2D eigenvalue weighted by Crippen LogP contribution is -2.53. The van der Waals surface area contributed by atoms with Crippen molar-refractivity contribution < 1.29 is 9.59 Å². The Morgan fingerprint density at radius 3 is 2.57 bits per heavy atom. The summed E-state index contributed by atoms with van der Waals surface area (Å²) in [4.78, 5) is 39.9. The van der Waals surface area contributed by atoms with Gasteiger partial charge in [-0.15, -0.1) is 0 Å². The number of carbonyl (C=O) groups is 2. The molecule has 0 atom stereocenters. The number of nitrogens with zero attached hydrogens (tertiary/aromatic N) is 4. The molecule has 2 N–H and O–H groups in total. The third-order valence-corrected chi connectivity index (χ3v) is 4.95. The van der Waals surface area contributed by atoms with Crippen LogP contribution in [0.25, 0.3) is 10.9 Å². The van der Waals surface area contributed by atoms with Crippen molar-refractivity contribution in [1.29, 1.82) is 0 Å². The number of hydrogen-bond acceptors (Lipinski definition) is 5. The summed E-state index contributed by atoms with van der Waals surface area (Å²) >= 11 is 0. The lowest BCUT2D eigenvalue weighted by atomic mass is 10.1. The van der Waals surface area contributed by atoms with Crippen LogP contribution in [0.15, 0.2) is 48.9 Å². The molecule has 2 amide bonds. The van der Waals surface area contributed by atoms with E-state index in [2.05, 4.69) is 20.3 Å². The number of aromatic nitrogens is 3. The summed E-state index contributed by atoms with van der Waals surface area (Å²) in [5.41, 5.74) is 2.19. The van der Waals surface area contributed by atoms with Gasteiger partial charge in [-0.2, -0.15) is 0 Å². The molecule has 144 valence electrons. The first-order chi connectivity index (χ1) is 13.7. The molecule has 0 aliphatic carbocycles. The number of amides is 2. The first-order valence-corrected chi connectivity index (χ1v) is 9.36. The van der Waals surface area contributed by atoms with Crippen LogP contribution in [0.4, 0.5) is 5.95 Å². The Balaban J connectivity index is 1.25. The Labute approximate surface area is 162 Å². The maximum absolute atomic E-state index is 12.4. The van der Waals surface area contributed by atoms with E-state index in [1.807, 2.05) is 35.4 Å². The van der Waals surface area contributed by atoms with Gasteiger partial charge in [0.15, 0.2) is 0 Å². The van der Waals surface area contributed by atoms with Crippen LogP contribution >= 0.6 is 0 Å². The zero-order chi connectivity index (χ0) is 19.3. The Morgan fingerprint density at radius 1 is 1.04 bits per heavy atom. The molecule has 2 aromatic heterocycles. The van der Waals surface area contributed by atoms with Gasteiger partial charge in [-0.3, -0.25) is 9.59 Å². The SMILES string of the molecule is O=C(NCCc1c[nH]c2ccccc12)C(=O)N1CCN(c2ncccn2)CC1. The van der Waals surface area contributed by atoms with Gasteiger partial charge in [0, 0.05) is 62.2 Å². The fourth-order valence-corrected chi connectivity index (χ4v) is 3.43. The van der Waals surface area contributed by atoms with Crippen molar-refractivity contribution in [1.82, 2.24) is 25.2 Å². The second kappa shape index (κ2) is 8.08. The van der Waals surface area contributed by atoms with E-state index in [4.69, 9.17) is 0 Å². The van der Waals surface area contributed by atoms with Crippen LogP contribution in [0.3, 0.4) is 0 Å². The number of benzene rings is 1. The van der Waals surface area contributed by atoms with Gasteiger partial charge in [-0.25, -0.2) is 9.97 Å². The standard InChI is InChI=1S/C20H22N6O2/c27-18(21-9-6-15-14-24-17-5-2-1-4-16(15)17)19(28)25-10-12-26(13-11-25)20-22-7-3-8-23-20/h1-5,7-8,14,24H,6,9-13H2,(H,21,27). The molecule has 0 bridgehead atoms. The molecule has 1 aliphatic rings. The van der Waals surface area contributed by atoms with Gasteiger partial charge in [0.05, 0.1) is 0 Å². The van der Waals surface area contributed by atoms with Gasteiger partial charge in [-0.05, 0) is 24.1 Å². The molecule has 28 heavy (non-hydrogen) atoms. The number of anilines is 1. The van der Waals surface area contributed by atoms with E-state index in [-0.39, 0.29) is 0 Å². The number of fused-ring (bicyclic) bond motifs is 1. The molecule has 8 heteroatoms. The number of nitrogens with one attached hydrogen (secondary N) is 2. The maximum Gasteiger partial charge on any atom is 0.312 e. The average molecular weight is 378 g/mol. The summed E-state index contributed by atoms with van der Waals surface area (Å²) in [6.07, 6.45) is 6.01. The van der Waals surface area contributed by atoms with Crippen molar-refractivity contribution in [3.63, 3.8) is 0 Å². The van der Waals surface area contributed by atoms with Gasteiger partial charge < -0.3 is 20.1 Å². The van der Waals surface area contributed by atoms with Crippen molar-refractivity contribution in [2.75, 3.05) is 37.6 Å². The van der Waals surface area contributed by atoms with E-state index in [1.165, 1.54) is 0 Å². The number of carbonyl (C=O) groups excluding carboxylic acids is 2. The van der Waals surface area contributed by atoms with Crippen LogP contribution in [0.2, 0.25) is 0 Å². The maximum atomic E-state index is 12.4. The predicted octanol–water partition coefficient (Wildman–Crippen LogP) is 0.965. The van der Waals surface area contributed by atoms with Gasteiger partial charge >= 0.3 is 11.8 Å². The van der Waals surface area contributed by atoms with E-state index >= 15 is 0 Å². The summed E-state index contributed by atoms with van der Waals surface area (Å²) < 4.78 is 0. The summed E-state index contributed by atoms with van der Waals surface area (Å²) in [6, 6.07) is 9.80. The van der Waals surface area contributed by atoms with Crippen molar-refractivity contribution >= 4 is 28.7 Å². The number of aromatic amines is 1. The molecular weight excluding hydrogens is 356 g/mol. The Morgan fingerprint density at radius 2 is 1.79 bits per heavy atom. The predicted molar refractivity (Wildman–Crippen MR) is 106 cm³/mol. The van der Waals surface area contributed by atoms with Crippen molar-refractivity contribution in [3.8, 4) is 0 Å². The summed E-state index contributed by atoms with van der Waals surface area (Å²) in [6.45, 7) is 2.60. The molecule has 1 aromatic carbocycles. The Kier molecular flexibility index (Phi) is 5.18.